The number of nitrogens with zero attached hydrogens (tertiary/aromatic N) is 3. The molecule has 21 heavy (non-hydrogen) atoms. The molecule has 10 heteroatoms. The molecule has 0 atom stereocenters. The largest absolute Gasteiger partial charge is 0.464 e. The Morgan fingerprint density at radius 1 is 1.52 bits per heavy atom. The van der Waals surface area contributed by atoms with E-state index in [9.17, 15) is 13.2 Å². The first-order valence-electron chi connectivity index (χ1n) is 5.85. The summed E-state index contributed by atoms with van der Waals surface area (Å²) < 4.78 is 32.9. The first-order valence-corrected chi connectivity index (χ1v) is 8.22. The van der Waals surface area contributed by atoms with Crippen molar-refractivity contribution >= 4 is 27.3 Å². The van der Waals surface area contributed by atoms with Crippen LogP contribution in [0, 0.1) is 6.92 Å². The standard InChI is InChI=1S/C11H14N4O4S2/c1-7-8(4-13-15(7)2)5-14-21(17,18)11-9(10(16)19-3)12-6-20-11/h4,6,14H,5H2,1-3H3. The van der Waals surface area contributed by atoms with Crippen LogP contribution in [0.3, 0.4) is 0 Å². The van der Waals surface area contributed by atoms with Gasteiger partial charge in [-0.15, -0.1) is 11.3 Å². The minimum atomic E-state index is -3.84. The molecule has 0 aliphatic rings. The molecule has 0 saturated heterocycles. The topological polar surface area (TPSA) is 103 Å². The van der Waals surface area contributed by atoms with Gasteiger partial charge in [-0.05, 0) is 6.92 Å². The number of carbonyl (C=O) groups excluding carboxylic acids is 1. The zero-order valence-electron chi connectivity index (χ0n) is 11.7. The quantitative estimate of drug-likeness (QED) is 0.798. The minimum absolute atomic E-state index is 0.0838. The number of aryl methyl sites for hydroxylation is 1. The molecule has 0 unspecified atom stereocenters. The van der Waals surface area contributed by atoms with Gasteiger partial charge in [0.05, 0.1) is 18.8 Å². The van der Waals surface area contributed by atoms with Gasteiger partial charge < -0.3 is 4.74 Å². The molecule has 114 valence electrons. The molecule has 0 bridgehead atoms. The van der Waals surface area contributed by atoms with Crippen molar-refractivity contribution in [3.63, 3.8) is 0 Å². The third-order valence-electron chi connectivity index (χ3n) is 2.95. The maximum atomic E-state index is 12.3. The summed E-state index contributed by atoms with van der Waals surface area (Å²) in [5.41, 5.74) is 2.69. The summed E-state index contributed by atoms with van der Waals surface area (Å²) in [6.45, 7) is 1.92. The lowest BCUT2D eigenvalue weighted by molar-refractivity contribution is 0.0590. The maximum absolute atomic E-state index is 12.3. The number of hydrogen-bond donors (Lipinski definition) is 1. The fourth-order valence-corrected chi connectivity index (χ4v) is 3.80. The Morgan fingerprint density at radius 2 is 2.24 bits per heavy atom. The molecule has 2 aromatic heterocycles. The van der Waals surface area contributed by atoms with Crippen LogP contribution in [0.15, 0.2) is 15.9 Å². The number of rotatable bonds is 5. The lowest BCUT2D eigenvalue weighted by Crippen LogP contribution is -2.24. The van der Waals surface area contributed by atoms with Crippen molar-refractivity contribution in [2.45, 2.75) is 17.7 Å². The average molecular weight is 330 g/mol. The molecule has 0 amide bonds. The molecule has 2 rings (SSSR count). The molecule has 8 nitrogen and oxygen atoms in total. The molecule has 0 aliphatic carbocycles. The van der Waals surface area contributed by atoms with E-state index in [0.29, 0.717) is 0 Å². The van der Waals surface area contributed by atoms with Crippen LogP contribution in [0.1, 0.15) is 21.7 Å². The molecule has 2 aromatic rings. The van der Waals surface area contributed by atoms with Crippen molar-refractivity contribution in [1.29, 1.82) is 0 Å². The Kier molecular flexibility index (Phi) is 4.40. The highest BCUT2D eigenvalue weighted by molar-refractivity contribution is 7.91. The second-order valence-electron chi connectivity index (χ2n) is 4.18. The van der Waals surface area contributed by atoms with Crippen LogP contribution in [-0.4, -0.2) is 36.3 Å². The van der Waals surface area contributed by atoms with E-state index in [2.05, 4.69) is 19.5 Å². The SMILES string of the molecule is COC(=O)c1ncsc1S(=O)(=O)NCc1cnn(C)c1C. The molecule has 0 radical (unpaired) electrons. The maximum Gasteiger partial charge on any atom is 0.358 e. The van der Waals surface area contributed by atoms with E-state index >= 15 is 0 Å². The van der Waals surface area contributed by atoms with Crippen molar-refractivity contribution in [2.24, 2.45) is 7.05 Å². The Hall–Kier alpha value is -1.78. The van der Waals surface area contributed by atoms with Gasteiger partial charge in [0, 0.05) is 24.8 Å². The van der Waals surface area contributed by atoms with Gasteiger partial charge in [-0.3, -0.25) is 4.68 Å². The predicted octanol–water partition coefficient (Wildman–Crippen LogP) is 0.450. The second kappa shape index (κ2) is 5.92. The van der Waals surface area contributed by atoms with Gasteiger partial charge in [0.25, 0.3) is 10.0 Å². The summed E-state index contributed by atoms with van der Waals surface area (Å²) in [5.74, 6) is -0.783. The van der Waals surface area contributed by atoms with E-state index in [0.717, 1.165) is 22.6 Å². The Labute approximate surface area is 125 Å². The van der Waals surface area contributed by atoms with Crippen LogP contribution in [0.4, 0.5) is 0 Å². The number of thiazole rings is 1. The van der Waals surface area contributed by atoms with E-state index < -0.39 is 16.0 Å². The number of ether oxygens (including phenoxy) is 1. The second-order valence-corrected chi connectivity index (χ2v) is 7.00. The van der Waals surface area contributed by atoms with Crippen molar-refractivity contribution in [1.82, 2.24) is 19.5 Å². The number of esters is 1. The predicted molar refractivity (Wildman–Crippen MR) is 75.4 cm³/mol. The molecule has 0 saturated carbocycles. The highest BCUT2D eigenvalue weighted by atomic mass is 32.2. The number of aromatic nitrogens is 3. The van der Waals surface area contributed by atoms with Crippen LogP contribution in [0.25, 0.3) is 0 Å². The van der Waals surface area contributed by atoms with Gasteiger partial charge in [0.1, 0.15) is 0 Å². The summed E-state index contributed by atoms with van der Waals surface area (Å²) in [4.78, 5) is 15.2. The van der Waals surface area contributed by atoms with Gasteiger partial charge >= 0.3 is 5.97 Å². The van der Waals surface area contributed by atoms with Crippen molar-refractivity contribution < 1.29 is 17.9 Å². The molecule has 2 heterocycles. The highest BCUT2D eigenvalue weighted by Gasteiger charge is 2.26. The van der Waals surface area contributed by atoms with Crippen LogP contribution in [0.2, 0.25) is 0 Å². The van der Waals surface area contributed by atoms with E-state index in [1.165, 1.54) is 12.6 Å². The van der Waals surface area contributed by atoms with E-state index in [-0.39, 0.29) is 16.4 Å². The van der Waals surface area contributed by atoms with Crippen molar-refractivity contribution in [2.75, 3.05) is 7.11 Å². The number of nitrogens with one attached hydrogen (secondary N) is 1. The Balaban J connectivity index is 2.21. The number of methoxy groups -OCH3 is 1. The van der Waals surface area contributed by atoms with Gasteiger partial charge in [-0.2, -0.15) is 5.10 Å². The summed E-state index contributed by atoms with van der Waals surface area (Å²) >= 11 is 0.861. The van der Waals surface area contributed by atoms with Gasteiger partial charge in [0.15, 0.2) is 9.90 Å². The smallest absolute Gasteiger partial charge is 0.358 e. The van der Waals surface area contributed by atoms with Crippen LogP contribution >= 0.6 is 11.3 Å². The van der Waals surface area contributed by atoms with Crippen LogP contribution in [-0.2, 0) is 28.4 Å². The normalized spacial score (nSPS) is 11.6. The van der Waals surface area contributed by atoms with Crippen molar-refractivity contribution in [3.05, 3.63) is 28.7 Å². The highest BCUT2D eigenvalue weighted by Crippen LogP contribution is 2.21. The number of carbonyl (C=O) groups is 1. The molecule has 0 aromatic carbocycles. The van der Waals surface area contributed by atoms with Gasteiger partial charge in [0.2, 0.25) is 0 Å². The first-order chi connectivity index (χ1) is 9.86. The van der Waals surface area contributed by atoms with Gasteiger partial charge in [-0.1, -0.05) is 0 Å². The first kappa shape index (κ1) is 15.6. The summed E-state index contributed by atoms with van der Waals surface area (Å²) in [7, 11) is -0.899. The Morgan fingerprint density at radius 3 is 2.81 bits per heavy atom. The molecular formula is C11H14N4O4S2. The molecular weight excluding hydrogens is 316 g/mol. The van der Waals surface area contributed by atoms with E-state index in [1.54, 1.807) is 17.9 Å². The summed E-state index contributed by atoms with van der Waals surface area (Å²) in [5, 5.41) is 4.04. The molecule has 1 N–H and O–H groups in total. The lowest BCUT2D eigenvalue weighted by atomic mass is 10.3. The van der Waals surface area contributed by atoms with Crippen LogP contribution < -0.4 is 4.72 Å². The third kappa shape index (κ3) is 3.12. The summed E-state index contributed by atoms with van der Waals surface area (Å²) in [6, 6.07) is 0. The summed E-state index contributed by atoms with van der Waals surface area (Å²) in [6.07, 6.45) is 1.59. The lowest BCUT2D eigenvalue weighted by Gasteiger charge is -2.06. The van der Waals surface area contributed by atoms with E-state index in [1.807, 2.05) is 6.92 Å². The Bertz CT molecular complexity index is 763. The molecule has 0 aliphatic heterocycles. The minimum Gasteiger partial charge on any atom is -0.464 e. The zero-order chi connectivity index (χ0) is 15.6. The molecule has 0 spiro atoms. The van der Waals surface area contributed by atoms with E-state index in [4.69, 9.17) is 0 Å². The fourth-order valence-electron chi connectivity index (χ4n) is 1.61. The number of hydrogen-bond acceptors (Lipinski definition) is 7. The third-order valence-corrected chi connectivity index (χ3v) is 5.72. The number of sulfonamides is 1. The van der Waals surface area contributed by atoms with Gasteiger partial charge in [-0.25, -0.2) is 22.9 Å². The zero-order valence-corrected chi connectivity index (χ0v) is 13.3. The monoisotopic (exact) mass is 330 g/mol. The van der Waals surface area contributed by atoms with Crippen molar-refractivity contribution in [3.8, 4) is 0 Å². The fraction of sp³-hybridized carbons (Fsp3) is 0.364. The van der Waals surface area contributed by atoms with Crippen LogP contribution in [0.5, 0.6) is 0 Å². The molecule has 0 fully saturated rings. The average Bonchev–Trinajstić information content (AvgIpc) is 3.05.